The Hall–Kier alpha value is -1.84. The number of aromatic nitrogens is 3. The smallest absolute Gasteiger partial charge is 0.264 e. The molecular formula is C14H12Cl2F2N4O2S. The average Bonchev–Trinajstić information content (AvgIpc) is 3.04. The van der Waals surface area contributed by atoms with E-state index in [0.29, 0.717) is 22.8 Å². The Bertz CT molecular complexity index is 1040. The molecule has 25 heavy (non-hydrogen) atoms. The highest BCUT2D eigenvalue weighted by Crippen LogP contribution is 2.30. The molecule has 6 nitrogen and oxygen atoms in total. The molecule has 2 aromatic heterocycles. The van der Waals surface area contributed by atoms with Crippen LogP contribution in [-0.2, 0) is 16.6 Å². The maximum atomic E-state index is 13.1. The lowest BCUT2D eigenvalue weighted by molar-refractivity contribution is 0.000682. The summed E-state index contributed by atoms with van der Waals surface area (Å²) in [5.74, 6) is -3.04. The first-order valence-electron chi connectivity index (χ1n) is 6.95. The van der Waals surface area contributed by atoms with Gasteiger partial charge in [-0.15, -0.1) is 0 Å². The van der Waals surface area contributed by atoms with Crippen molar-refractivity contribution < 1.29 is 17.2 Å². The molecule has 2 heterocycles. The Morgan fingerprint density at radius 1 is 1.36 bits per heavy atom. The predicted molar refractivity (Wildman–Crippen MR) is 92.0 cm³/mol. The van der Waals surface area contributed by atoms with E-state index in [0.717, 1.165) is 10.9 Å². The quantitative estimate of drug-likeness (QED) is 0.665. The second-order valence-corrected chi connectivity index (χ2v) is 7.97. The maximum Gasteiger partial charge on any atom is 0.264 e. The number of H-pyrrole nitrogens is 1. The number of alkyl halides is 2. The molecule has 0 aliphatic carbocycles. The summed E-state index contributed by atoms with van der Waals surface area (Å²) in [5.41, 5.74) is 0.453. The van der Waals surface area contributed by atoms with Gasteiger partial charge in [-0.3, -0.25) is 4.72 Å². The third kappa shape index (κ3) is 3.73. The highest BCUT2D eigenvalue weighted by molar-refractivity contribution is 7.93. The third-order valence-corrected chi connectivity index (χ3v) is 5.38. The minimum atomic E-state index is -4.01. The predicted octanol–water partition coefficient (Wildman–Crippen LogP) is 4.13. The zero-order valence-electron chi connectivity index (χ0n) is 12.7. The molecule has 0 amide bonds. The molecule has 134 valence electrons. The van der Waals surface area contributed by atoms with E-state index in [4.69, 9.17) is 23.2 Å². The summed E-state index contributed by atoms with van der Waals surface area (Å²) in [6, 6.07) is 4.71. The van der Waals surface area contributed by atoms with Crippen molar-refractivity contribution in [3.05, 3.63) is 40.8 Å². The molecule has 0 spiro atoms. The average molecular weight is 409 g/mol. The molecule has 1 aromatic carbocycles. The summed E-state index contributed by atoms with van der Waals surface area (Å²) in [6.07, 6.45) is 2.39. The lowest BCUT2D eigenvalue weighted by Gasteiger charge is -2.11. The van der Waals surface area contributed by atoms with Crippen molar-refractivity contribution in [1.29, 1.82) is 0 Å². The summed E-state index contributed by atoms with van der Waals surface area (Å²) in [4.78, 5) is 2.79. The summed E-state index contributed by atoms with van der Waals surface area (Å²) in [5, 5.41) is 4.35. The Balaban J connectivity index is 1.94. The Kier molecular flexibility index (Phi) is 4.42. The van der Waals surface area contributed by atoms with Crippen molar-refractivity contribution in [2.24, 2.45) is 0 Å². The van der Waals surface area contributed by atoms with Gasteiger partial charge in [0.2, 0.25) is 0 Å². The van der Waals surface area contributed by atoms with Crippen molar-refractivity contribution >= 4 is 49.8 Å². The first kappa shape index (κ1) is 18.0. The number of anilines is 1. The molecule has 0 aliphatic heterocycles. The van der Waals surface area contributed by atoms with Crippen molar-refractivity contribution in [3.63, 3.8) is 0 Å². The number of sulfonamides is 1. The lowest BCUT2D eigenvalue weighted by Crippen LogP contribution is -2.20. The second-order valence-electron chi connectivity index (χ2n) is 5.53. The van der Waals surface area contributed by atoms with E-state index in [-0.39, 0.29) is 15.7 Å². The van der Waals surface area contributed by atoms with Gasteiger partial charge in [-0.1, -0.05) is 23.2 Å². The van der Waals surface area contributed by atoms with Gasteiger partial charge in [0, 0.05) is 29.0 Å². The first-order valence-corrected chi connectivity index (χ1v) is 9.19. The molecule has 0 saturated carbocycles. The standard InChI is InChI=1S/C14H12Cl2F2N4O2S/c1-14(17,18)7-22-13(16)11(5-20-22)21-25(23,24)12-6-19-10-4-8(15)2-3-9(10)12/h2-6,19,21H,7H2,1H3. The number of nitrogens with one attached hydrogen (secondary N) is 2. The monoisotopic (exact) mass is 408 g/mol. The van der Waals surface area contributed by atoms with Crippen LogP contribution < -0.4 is 4.72 Å². The molecule has 0 aliphatic rings. The number of hydrogen-bond donors (Lipinski definition) is 2. The number of rotatable bonds is 5. The first-order chi connectivity index (χ1) is 11.6. The summed E-state index contributed by atoms with van der Waals surface area (Å²) in [7, 11) is -4.01. The number of halogens is 4. The van der Waals surface area contributed by atoms with Gasteiger partial charge in [0.15, 0.2) is 5.15 Å². The van der Waals surface area contributed by atoms with Gasteiger partial charge < -0.3 is 4.98 Å². The van der Waals surface area contributed by atoms with Crippen LogP contribution in [0.25, 0.3) is 10.9 Å². The molecule has 3 aromatic rings. The normalized spacial score (nSPS) is 12.7. The van der Waals surface area contributed by atoms with Crippen LogP contribution in [-0.4, -0.2) is 29.1 Å². The van der Waals surface area contributed by atoms with E-state index in [1.807, 2.05) is 0 Å². The lowest BCUT2D eigenvalue weighted by atomic mass is 10.2. The molecule has 3 rings (SSSR count). The molecule has 0 unspecified atom stereocenters. The second kappa shape index (κ2) is 6.15. The molecule has 0 bridgehead atoms. The highest BCUT2D eigenvalue weighted by atomic mass is 35.5. The molecule has 2 N–H and O–H groups in total. The third-order valence-electron chi connectivity index (χ3n) is 3.34. The van der Waals surface area contributed by atoms with Gasteiger partial charge in [-0.25, -0.2) is 21.9 Å². The van der Waals surface area contributed by atoms with Crippen molar-refractivity contribution in [2.45, 2.75) is 24.3 Å². The van der Waals surface area contributed by atoms with Crippen molar-refractivity contribution in [2.75, 3.05) is 4.72 Å². The molecular weight excluding hydrogens is 397 g/mol. The van der Waals surface area contributed by atoms with Crippen LogP contribution in [0, 0.1) is 0 Å². The van der Waals surface area contributed by atoms with Crippen LogP contribution in [0.1, 0.15) is 6.92 Å². The maximum absolute atomic E-state index is 13.1. The fraction of sp³-hybridized carbons (Fsp3) is 0.214. The zero-order chi connectivity index (χ0) is 18.4. The highest BCUT2D eigenvalue weighted by Gasteiger charge is 2.26. The van der Waals surface area contributed by atoms with E-state index in [9.17, 15) is 17.2 Å². The SMILES string of the molecule is CC(F)(F)Cn1ncc(NS(=O)(=O)c2c[nH]c3cc(Cl)ccc23)c1Cl. The Morgan fingerprint density at radius 3 is 2.76 bits per heavy atom. The number of benzene rings is 1. The largest absolute Gasteiger partial charge is 0.360 e. The van der Waals surface area contributed by atoms with Gasteiger partial charge in [-0.2, -0.15) is 5.10 Å². The summed E-state index contributed by atoms with van der Waals surface area (Å²) >= 11 is 11.8. The molecule has 0 radical (unpaired) electrons. The van der Waals surface area contributed by atoms with E-state index in [2.05, 4.69) is 14.8 Å². The van der Waals surface area contributed by atoms with Crippen molar-refractivity contribution in [3.8, 4) is 0 Å². The van der Waals surface area contributed by atoms with E-state index in [1.54, 1.807) is 18.2 Å². The molecule has 0 atom stereocenters. The van der Waals surface area contributed by atoms with Crippen LogP contribution in [0.4, 0.5) is 14.5 Å². The van der Waals surface area contributed by atoms with Gasteiger partial charge >= 0.3 is 0 Å². The molecule has 0 fully saturated rings. The van der Waals surface area contributed by atoms with Crippen LogP contribution in [0.2, 0.25) is 10.2 Å². The number of nitrogens with zero attached hydrogens (tertiary/aromatic N) is 2. The molecule has 0 saturated heterocycles. The Morgan fingerprint density at radius 2 is 2.08 bits per heavy atom. The summed E-state index contributed by atoms with van der Waals surface area (Å²) in [6.45, 7) is -0.0505. The van der Waals surface area contributed by atoms with Crippen LogP contribution >= 0.6 is 23.2 Å². The minimum absolute atomic E-state index is 0.0243. The molecule has 11 heteroatoms. The topological polar surface area (TPSA) is 79.8 Å². The minimum Gasteiger partial charge on any atom is -0.360 e. The van der Waals surface area contributed by atoms with Crippen LogP contribution in [0.15, 0.2) is 35.5 Å². The number of hydrogen-bond acceptors (Lipinski definition) is 3. The van der Waals surface area contributed by atoms with Crippen LogP contribution in [0.5, 0.6) is 0 Å². The van der Waals surface area contributed by atoms with Gasteiger partial charge in [0.25, 0.3) is 15.9 Å². The fourth-order valence-corrected chi connectivity index (χ4v) is 3.96. The van der Waals surface area contributed by atoms with E-state index < -0.39 is 22.5 Å². The summed E-state index contributed by atoms with van der Waals surface area (Å²) < 4.78 is 54.5. The van der Waals surface area contributed by atoms with Crippen LogP contribution in [0.3, 0.4) is 0 Å². The fourth-order valence-electron chi connectivity index (χ4n) is 2.31. The Labute approximate surface area is 151 Å². The zero-order valence-corrected chi connectivity index (χ0v) is 15.1. The number of fused-ring (bicyclic) bond motifs is 1. The van der Waals surface area contributed by atoms with Gasteiger partial charge in [0.1, 0.15) is 17.1 Å². The van der Waals surface area contributed by atoms with E-state index in [1.165, 1.54) is 6.20 Å². The van der Waals surface area contributed by atoms with Gasteiger partial charge in [0.05, 0.1) is 6.20 Å². The number of aromatic amines is 1. The van der Waals surface area contributed by atoms with Crippen molar-refractivity contribution in [1.82, 2.24) is 14.8 Å². The van der Waals surface area contributed by atoms with Gasteiger partial charge in [-0.05, 0) is 18.2 Å². The van der Waals surface area contributed by atoms with E-state index >= 15 is 0 Å².